The van der Waals surface area contributed by atoms with Crippen molar-refractivity contribution in [2.45, 2.75) is 20.0 Å². The normalized spacial score (nSPS) is 11.2. The molecule has 5 N–H and O–H groups in total. The number of benzene rings is 3. The van der Waals surface area contributed by atoms with Crippen LogP contribution in [0.2, 0.25) is 10.0 Å². The van der Waals surface area contributed by atoms with Crippen molar-refractivity contribution >= 4 is 46.9 Å². The van der Waals surface area contributed by atoms with E-state index in [4.69, 9.17) is 34.7 Å². The van der Waals surface area contributed by atoms with Crippen LogP contribution in [0.3, 0.4) is 0 Å². The number of carbonyl (C=O) groups excluding carboxylic acids is 2. The van der Waals surface area contributed by atoms with Gasteiger partial charge in [0.2, 0.25) is 11.9 Å². The van der Waals surface area contributed by atoms with E-state index < -0.39 is 17.9 Å². The second kappa shape index (κ2) is 16.6. The molecule has 0 fully saturated rings. The molecule has 248 valence electrons. The van der Waals surface area contributed by atoms with E-state index in [0.29, 0.717) is 52.0 Å². The number of aromatic nitrogens is 4. The van der Waals surface area contributed by atoms with Crippen LogP contribution in [0.5, 0.6) is 0 Å². The van der Waals surface area contributed by atoms with Crippen LogP contribution in [-0.4, -0.2) is 63.5 Å². The summed E-state index contributed by atoms with van der Waals surface area (Å²) in [6, 6.07) is 27.0. The molecule has 13 heteroatoms. The van der Waals surface area contributed by atoms with Crippen molar-refractivity contribution in [1.82, 2.24) is 19.9 Å². The summed E-state index contributed by atoms with van der Waals surface area (Å²) < 4.78 is 0. The quantitative estimate of drug-likeness (QED) is 0.156. The number of carbonyl (C=O) groups is 2. The van der Waals surface area contributed by atoms with Crippen LogP contribution in [0.15, 0.2) is 91.0 Å². The third-order valence-corrected chi connectivity index (χ3v) is 7.78. The Bertz CT molecular complexity index is 1860. The number of rotatable bonds is 11. The molecule has 0 aliphatic heterocycles. The van der Waals surface area contributed by atoms with Gasteiger partial charge in [-0.15, -0.1) is 0 Å². The molecule has 0 radical (unpaired) electrons. The number of halogens is 2. The Balaban J connectivity index is 0.000000220. The fraction of sp³-hybridized carbons (Fsp3) is 0.200. The molecular formula is C35H36Cl2N8O3. The standard InChI is InChI=1S/C20H20N4O2.C15H16Cl2N4O/c1-24(13-18(25)15-10-6-3-7-11-15)20-22-16(12-17(23-20)19(21)26)14-8-4-2-5-9-14;1-3-21(4-2)15-19-12(8-13(20-15)14(18)22)10-6-5-9(16)7-11(10)17/h2-12,18,25H,13H2,1H3,(H2,21,26);5-8H,3-4H2,1-2H3,(H2,18,22). The zero-order valence-electron chi connectivity index (χ0n) is 26.7. The maximum absolute atomic E-state index is 11.7. The number of amides is 2. The maximum Gasteiger partial charge on any atom is 0.267 e. The van der Waals surface area contributed by atoms with Crippen LogP contribution in [0.4, 0.5) is 11.9 Å². The monoisotopic (exact) mass is 686 g/mol. The minimum Gasteiger partial charge on any atom is -0.387 e. The molecule has 0 bridgehead atoms. The summed E-state index contributed by atoms with van der Waals surface area (Å²) in [7, 11) is 1.76. The molecule has 0 spiro atoms. The number of nitrogens with two attached hydrogens (primary N) is 2. The first-order valence-electron chi connectivity index (χ1n) is 15.1. The van der Waals surface area contributed by atoms with Gasteiger partial charge >= 0.3 is 0 Å². The van der Waals surface area contributed by atoms with Gasteiger partial charge in [-0.1, -0.05) is 83.9 Å². The lowest BCUT2D eigenvalue weighted by Gasteiger charge is -2.22. The average Bonchev–Trinajstić information content (AvgIpc) is 3.09. The minimum absolute atomic E-state index is 0.134. The molecule has 3 aromatic carbocycles. The van der Waals surface area contributed by atoms with E-state index >= 15 is 0 Å². The van der Waals surface area contributed by atoms with Gasteiger partial charge in [0.25, 0.3) is 11.8 Å². The largest absolute Gasteiger partial charge is 0.387 e. The number of aliphatic hydroxyl groups is 1. The molecule has 5 rings (SSSR count). The van der Waals surface area contributed by atoms with Crippen molar-refractivity contribution in [3.8, 4) is 22.5 Å². The van der Waals surface area contributed by atoms with Crippen molar-refractivity contribution in [1.29, 1.82) is 0 Å². The zero-order chi connectivity index (χ0) is 34.8. The molecule has 0 saturated carbocycles. The van der Waals surface area contributed by atoms with E-state index in [1.54, 1.807) is 36.2 Å². The predicted octanol–water partition coefficient (Wildman–Crippen LogP) is 5.81. The van der Waals surface area contributed by atoms with Crippen molar-refractivity contribution < 1.29 is 14.7 Å². The van der Waals surface area contributed by atoms with Gasteiger partial charge in [-0.25, -0.2) is 19.9 Å². The molecule has 1 unspecified atom stereocenters. The Morgan fingerprint density at radius 3 is 1.85 bits per heavy atom. The summed E-state index contributed by atoms with van der Waals surface area (Å²) in [4.78, 5) is 44.3. The molecule has 11 nitrogen and oxygen atoms in total. The van der Waals surface area contributed by atoms with E-state index in [1.807, 2.05) is 79.4 Å². The molecule has 0 aliphatic rings. The number of aliphatic hydroxyl groups excluding tert-OH is 1. The summed E-state index contributed by atoms with van der Waals surface area (Å²) in [6.07, 6.45) is -0.706. The van der Waals surface area contributed by atoms with Gasteiger partial charge in [0.05, 0.1) is 29.1 Å². The average molecular weight is 688 g/mol. The van der Waals surface area contributed by atoms with Crippen LogP contribution in [-0.2, 0) is 0 Å². The van der Waals surface area contributed by atoms with Gasteiger partial charge in [-0.3, -0.25) is 9.59 Å². The molecule has 1 atom stereocenters. The van der Waals surface area contributed by atoms with Gasteiger partial charge in [0.15, 0.2) is 0 Å². The van der Waals surface area contributed by atoms with Crippen LogP contribution < -0.4 is 21.3 Å². The number of hydrogen-bond acceptors (Lipinski definition) is 9. The second-order valence-electron chi connectivity index (χ2n) is 10.6. The Labute approximate surface area is 289 Å². The first-order chi connectivity index (χ1) is 23.0. The molecule has 48 heavy (non-hydrogen) atoms. The summed E-state index contributed by atoms with van der Waals surface area (Å²) in [5.41, 5.74) is 14.5. The molecule has 2 heterocycles. The Hall–Kier alpha value is -5.10. The highest BCUT2D eigenvalue weighted by atomic mass is 35.5. The first-order valence-corrected chi connectivity index (χ1v) is 15.8. The number of hydrogen-bond donors (Lipinski definition) is 3. The minimum atomic E-state index is -0.706. The molecule has 0 aliphatic carbocycles. The summed E-state index contributed by atoms with van der Waals surface area (Å²) in [5.74, 6) is -0.456. The van der Waals surface area contributed by atoms with Gasteiger partial charge < -0.3 is 26.4 Å². The van der Waals surface area contributed by atoms with E-state index in [2.05, 4.69) is 19.9 Å². The van der Waals surface area contributed by atoms with E-state index in [9.17, 15) is 14.7 Å². The van der Waals surface area contributed by atoms with Crippen molar-refractivity contribution in [2.24, 2.45) is 11.5 Å². The topological polar surface area (TPSA) is 164 Å². The molecule has 0 saturated heterocycles. The number of likely N-dealkylation sites (N-methyl/N-ethyl adjacent to an activating group) is 1. The lowest BCUT2D eigenvalue weighted by Crippen LogP contribution is -2.27. The molecular weight excluding hydrogens is 651 g/mol. The van der Waals surface area contributed by atoms with Crippen LogP contribution >= 0.6 is 23.2 Å². The SMILES string of the molecule is CCN(CC)c1nc(C(N)=O)cc(-c2ccc(Cl)cc2Cl)n1.CN(CC(O)c1ccccc1)c1nc(C(N)=O)cc(-c2ccccc2)n1. The van der Waals surface area contributed by atoms with Crippen LogP contribution in [0.1, 0.15) is 46.5 Å². The summed E-state index contributed by atoms with van der Waals surface area (Å²) in [6.45, 7) is 5.68. The lowest BCUT2D eigenvalue weighted by atomic mass is 10.1. The van der Waals surface area contributed by atoms with Gasteiger partial charge in [0.1, 0.15) is 11.4 Å². The van der Waals surface area contributed by atoms with Crippen LogP contribution in [0.25, 0.3) is 22.5 Å². The van der Waals surface area contributed by atoms with E-state index in [-0.39, 0.29) is 17.9 Å². The highest BCUT2D eigenvalue weighted by Gasteiger charge is 2.18. The Morgan fingerprint density at radius 2 is 1.29 bits per heavy atom. The van der Waals surface area contributed by atoms with Gasteiger partial charge in [0, 0.05) is 36.3 Å². The van der Waals surface area contributed by atoms with E-state index in [0.717, 1.165) is 11.1 Å². The van der Waals surface area contributed by atoms with E-state index in [1.165, 1.54) is 6.07 Å². The van der Waals surface area contributed by atoms with Crippen molar-refractivity contribution in [3.05, 3.63) is 118 Å². The van der Waals surface area contributed by atoms with Gasteiger partial charge in [-0.2, -0.15) is 0 Å². The molecule has 2 amide bonds. The number of nitrogens with zero attached hydrogens (tertiary/aromatic N) is 6. The fourth-order valence-electron chi connectivity index (χ4n) is 4.65. The number of anilines is 2. The fourth-order valence-corrected chi connectivity index (χ4v) is 5.16. The summed E-state index contributed by atoms with van der Waals surface area (Å²) in [5, 5.41) is 11.4. The highest BCUT2D eigenvalue weighted by molar-refractivity contribution is 6.36. The number of primary amides is 2. The van der Waals surface area contributed by atoms with Crippen LogP contribution in [0, 0.1) is 0 Å². The highest BCUT2D eigenvalue weighted by Crippen LogP contribution is 2.30. The maximum atomic E-state index is 11.7. The first kappa shape index (κ1) is 35.7. The lowest BCUT2D eigenvalue weighted by molar-refractivity contribution is 0.0987. The Kier molecular flexibility index (Phi) is 12.4. The predicted molar refractivity (Wildman–Crippen MR) is 190 cm³/mol. The van der Waals surface area contributed by atoms with Gasteiger partial charge in [-0.05, 0) is 49.7 Å². The third-order valence-electron chi connectivity index (χ3n) is 7.23. The smallest absolute Gasteiger partial charge is 0.267 e. The molecule has 5 aromatic rings. The van der Waals surface area contributed by atoms with Crippen molar-refractivity contribution in [2.75, 3.05) is 36.5 Å². The summed E-state index contributed by atoms with van der Waals surface area (Å²) >= 11 is 12.1. The second-order valence-corrected chi connectivity index (χ2v) is 11.4. The molecule has 2 aromatic heterocycles. The Morgan fingerprint density at radius 1 is 0.750 bits per heavy atom. The zero-order valence-corrected chi connectivity index (χ0v) is 28.2. The third kappa shape index (κ3) is 9.25. The van der Waals surface area contributed by atoms with Crippen molar-refractivity contribution in [3.63, 3.8) is 0 Å².